The van der Waals surface area contributed by atoms with Crippen LogP contribution in [0.4, 0.5) is 4.39 Å². The molecule has 0 N–H and O–H groups in total. The minimum absolute atomic E-state index is 0.0447. The lowest BCUT2D eigenvalue weighted by Gasteiger charge is -2.12. The highest BCUT2D eigenvalue weighted by Gasteiger charge is 2.19. The molecule has 0 aliphatic carbocycles. The summed E-state index contributed by atoms with van der Waals surface area (Å²) in [6.45, 7) is 3.94. The van der Waals surface area contributed by atoms with Gasteiger partial charge >= 0.3 is 0 Å². The number of methoxy groups -OCH3 is 1. The largest absolute Gasteiger partial charge is 0.481 e. The molecule has 6 nitrogen and oxygen atoms in total. The summed E-state index contributed by atoms with van der Waals surface area (Å²) in [6, 6.07) is 8.10. The number of ether oxygens (including phenoxy) is 2. The third-order valence-electron chi connectivity index (χ3n) is 4.68. The molecule has 29 heavy (non-hydrogen) atoms. The van der Waals surface area contributed by atoms with Gasteiger partial charge in [0.2, 0.25) is 11.8 Å². The van der Waals surface area contributed by atoms with Crippen LogP contribution >= 0.6 is 11.6 Å². The molecule has 1 aromatic carbocycles. The topological polar surface area (TPSA) is 61.5 Å². The Morgan fingerprint density at radius 2 is 1.97 bits per heavy atom. The number of hydrogen-bond acceptors (Lipinski definition) is 5. The van der Waals surface area contributed by atoms with Crippen molar-refractivity contribution in [1.29, 1.82) is 0 Å². The Hall–Kier alpha value is -2.93. The Balaban J connectivity index is 1.89. The Bertz CT molecular complexity index is 1190. The number of fused-ring (bicyclic) bond motifs is 3. The lowest BCUT2D eigenvalue weighted by Crippen LogP contribution is -2.06. The molecule has 0 spiro atoms. The number of nitrogens with zero attached hydrogens (tertiary/aromatic N) is 4. The molecule has 0 amide bonds. The Morgan fingerprint density at radius 3 is 2.69 bits per heavy atom. The van der Waals surface area contributed by atoms with Gasteiger partial charge in [-0.2, -0.15) is 4.98 Å². The maximum atomic E-state index is 14.2. The first-order valence-electron chi connectivity index (χ1n) is 9.31. The second-order valence-electron chi connectivity index (χ2n) is 6.65. The second kappa shape index (κ2) is 7.83. The Labute approximate surface area is 172 Å². The zero-order chi connectivity index (χ0) is 20.5. The SMILES string of the molecule is CCCc1nc(C)c2c(OCc3c(F)cccc3Cl)nc3ccc(OC)nc3n12. The predicted octanol–water partition coefficient (Wildman–Crippen LogP) is 4.92. The lowest BCUT2D eigenvalue weighted by atomic mass is 10.2. The summed E-state index contributed by atoms with van der Waals surface area (Å²) in [7, 11) is 1.57. The molecule has 0 saturated heterocycles. The van der Waals surface area contributed by atoms with Crippen molar-refractivity contribution in [2.45, 2.75) is 33.3 Å². The maximum absolute atomic E-state index is 14.2. The summed E-state index contributed by atoms with van der Waals surface area (Å²) in [4.78, 5) is 13.9. The molecule has 0 aliphatic rings. The molecule has 0 aliphatic heterocycles. The molecule has 150 valence electrons. The van der Waals surface area contributed by atoms with Crippen LogP contribution in [0, 0.1) is 12.7 Å². The van der Waals surface area contributed by atoms with E-state index in [0.29, 0.717) is 33.5 Å². The molecule has 3 heterocycles. The maximum Gasteiger partial charge on any atom is 0.241 e. The van der Waals surface area contributed by atoms with E-state index in [1.165, 1.54) is 6.07 Å². The average molecular weight is 415 g/mol. The second-order valence-corrected chi connectivity index (χ2v) is 7.06. The summed E-state index contributed by atoms with van der Waals surface area (Å²) in [5.41, 5.74) is 3.02. The van der Waals surface area contributed by atoms with Crippen molar-refractivity contribution in [3.05, 3.63) is 58.3 Å². The van der Waals surface area contributed by atoms with Crippen molar-refractivity contribution < 1.29 is 13.9 Å². The smallest absolute Gasteiger partial charge is 0.241 e. The summed E-state index contributed by atoms with van der Waals surface area (Å²) in [5.74, 6) is 1.29. The van der Waals surface area contributed by atoms with Gasteiger partial charge in [0.1, 0.15) is 29.3 Å². The fraction of sp³-hybridized carbons (Fsp3) is 0.286. The summed E-state index contributed by atoms with van der Waals surface area (Å²) < 4.78 is 27.3. The van der Waals surface area contributed by atoms with Gasteiger partial charge in [-0.05, 0) is 31.5 Å². The van der Waals surface area contributed by atoms with Crippen LogP contribution in [0.25, 0.3) is 16.7 Å². The standard InChI is InChI=1S/C21H20ClFN4O2/c1-4-6-17-24-12(2)19-21(29-11-13-14(22)7-5-8-15(13)23)25-16-9-10-18(28-3)26-20(16)27(17)19/h5,7-10H,4,6,11H2,1-3H3. The van der Waals surface area contributed by atoms with E-state index in [0.717, 1.165) is 24.4 Å². The zero-order valence-electron chi connectivity index (χ0n) is 16.4. The number of pyridine rings is 1. The minimum Gasteiger partial charge on any atom is -0.481 e. The quantitative estimate of drug-likeness (QED) is 0.448. The number of benzene rings is 1. The van der Waals surface area contributed by atoms with E-state index in [2.05, 4.69) is 16.9 Å². The number of aromatic nitrogens is 4. The molecule has 0 saturated carbocycles. The molecule has 0 atom stereocenters. The van der Waals surface area contributed by atoms with E-state index in [-0.39, 0.29) is 12.2 Å². The van der Waals surface area contributed by atoms with Gasteiger partial charge in [-0.1, -0.05) is 24.6 Å². The first-order valence-corrected chi connectivity index (χ1v) is 9.69. The first-order chi connectivity index (χ1) is 14.0. The third kappa shape index (κ3) is 3.46. The van der Waals surface area contributed by atoms with Crippen molar-refractivity contribution in [3.63, 3.8) is 0 Å². The molecular formula is C21H20ClFN4O2. The van der Waals surface area contributed by atoms with Gasteiger partial charge in [0.05, 0.1) is 17.8 Å². The number of rotatable bonds is 6. The van der Waals surface area contributed by atoms with E-state index in [4.69, 9.17) is 26.1 Å². The first kappa shape index (κ1) is 19.4. The van der Waals surface area contributed by atoms with Crippen LogP contribution in [-0.2, 0) is 13.0 Å². The highest BCUT2D eigenvalue weighted by Crippen LogP contribution is 2.30. The van der Waals surface area contributed by atoms with E-state index in [9.17, 15) is 4.39 Å². The molecule has 4 rings (SSSR count). The van der Waals surface area contributed by atoms with E-state index < -0.39 is 5.82 Å². The number of halogens is 2. The fourth-order valence-electron chi connectivity index (χ4n) is 3.32. The van der Waals surface area contributed by atoms with Crippen molar-refractivity contribution >= 4 is 28.3 Å². The summed E-state index contributed by atoms with van der Waals surface area (Å²) >= 11 is 6.14. The number of imidazole rings is 1. The van der Waals surface area contributed by atoms with Crippen molar-refractivity contribution in [3.8, 4) is 11.8 Å². The third-order valence-corrected chi connectivity index (χ3v) is 5.04. The molecular weight excluding hydrogens is 395 g/mol. The molecule has 4 aromatic rings. The zero-order valence-corrected chi connectivity index (χ0v) is 17.1. The van der Waals surface area contributed by atoms with Gasteiger partial charge < -0.3 is 9.47 Å². The van der Waals surface area contributed by atoms with Crippen LogP contribution in [0.1, 0.15) is 30.4 Å². The monoisotopic (exact) mass is 414 g/mol. The van der Waals surface area contributed by atoms with Gasteiger partial charge in [0.15, 0.2) is 5.65 Å². The summed E-state index contributed by atoms with van der Waals surface area (Å²) in [6.07, 6.45) is 1.69. The molecule has 0 fully saturated rings. The van der Waals surface area contributed by atoms with Gasteiger partial charge in [0.25, 0.3) is 0 Å². The highest BCUT2D eigenvalue weighted by molar-refractivity contribution is 6.31. The Morgan fingerprint density at radius 1 is 1.14 bits per heavy atom. The highest BCUT2D eigenvalue weighted by atomic mass is 35.5. The van der Waals surface area contributed by atoms with Crippen molar-refractivity contribution in [2.75, 3.05) is 7.11 Å². The van der Waals surface area contributed by atoms with E-state index >= 15 is 0 Å². The van der Waals surface area contributed by atoms with Gasteiger partial charge in [-0.3, -0.25) is 4.40 Å². The molecule has 0 bridgehead atoms. The van der Waals surface area contributed by atoms with Gasteiger partial charge in [0, 0.05) is 18.1 Å². The molecule has 8 heteroatoms. The van der Waals surface area contributed by atoms with Crippen LogP contribution in [-0.4, -0.2) is 26.5 Å². The van der Waals surface area contributed by atoms with Crippen LogP contribution < -0.4 is 9.47 Å². The number of aryl methyl sites for hydroxylation is 2. The molecule has 3 aromatic heterocycles. The predicted molar refractivity (Wildman–Crippen MR) is 109 cm³/mol. The van der Waals surface area contributed by atoms with Crippen LogP contribution in [0.15, 0.2) is 30.3 Å². The number of hydrogen-bond donors (Lipinski definition) is 0. The van der Waals surface area contributed by atoms with E-state index in [1.54, 1.807) is 25.3 Å². The van der Waals surface area contributed by atoms with Crippen molar-refractivity contribution in [1.82, 2.24) is 19.4 Å². The van der Waals surface area contributed by atoms with Crippen molar-refractivity contribution in [2.24, 2.45) is 0 Å². The van der Waals surface area contributed by atoms with Gasteiger partial charge in [-0.15, -0.1) is 0 Å². The van der Waals surface area contributed by atoms with Crippen LogP contribution in [0.5, 0.6) is 11.8 Å². The van der Waals surface area contributed by atoms with Gasteiger partial charge in [-0.25, -0.2) is 14.4 Å². The molecule has 0 radical (unpaired) electrons. The average Bonchev–Trinajstić information content (AvgIpc) is 3.04. The normalized spacial score (nSPS) is 11.3. The summed E-state index contributed by atoms with van der Waals surface area (Å²) in [5, 5.41) is 0.310. The lowest BCUT2D eigenvalue weighted by molar-refractivity contribution is 0.291. The van der Waals surface area contributed by atoms with Crippen LogP contribution in [0.3, 0.4) is 0 Å². The van der Waals surface area contributed by atoms with Crippen LogP contribution in [0.2, 0.25) is 5.02 Å². The Kier molecular flexibility index (Phi) is 5.24. The minimum atomic E-state index is -0.419. The molecule has 0 unspecified atom stereocenters. The van der Waals surface area contributed by atoms with E-state index in [1.807, 2.05) is 17.4 Å². The fourth-order valence-corrected chi connectivity index (χ4v) is 3.54.